The first kappa shape index (κ1) is 18.4. The second-order valence-electron chi connectivity index (χ2n) is 6.62. The second-order valence-corrected chi connectivity index (χ2v) is 7.40. The van der Waals surface area contributed by atoms with Crippen molar-refractivity contribution in [1.82, 2.24) is 15.5 Å². The highest BCUT2D eigenvalue weighted by atomic mass is 32.1. The molecule has 1 aromatic carbocycles. The molecule has 0 atom stereocenters. The van der Waals surface area contributed by atoms with E-state index in [1.54, 1.807) is 16.2 Å². The van der Waals surface area contributed by atoms with E-state index in [9.17, 15) is 9.59 Å². The van der Waals surface area contributed by atoms with Gasteiger partial charge in [0.1, 0.15) is 0 Å². The molecule has 144 valence electrons. The van der Waals surface area contributed by atoms with Gasteiger partial charge in [-0.25, -0.2) is 0 Å². The molecule has 0 saturated carbocycles. The molecule has 0 unspecified atom stereocenters. The molecule has 8 heteroatoms. The number of aromatic nitrogens is 2. The molecular formula is C20H20N4O3S. The van der Waals surface area contributed by atoms with Crippen LogP contribution in [0.3, 0.4) is 0 Å². The highest BCUT2D eigenvalue weighted by molar-refractivity contribution is 7.08. The van der Waals surface area contributed by atoms with Gasteiger partial charge in [-0.3, -0.25) is 9.59 Å². The summed E-state index contributed by atoms with van der Waals surface area (Å²) in [6.07, 6.45) is 2.21. The number of thiophene rings is 1. The van der Waals surface area contributed by atoms with E-state index in [0.29, 0.717) is 31.1 Å². The summed E-state index contributed by atoms with van der Waals surface area (Å²) in [6, 6.07) is 9.65. The summed E-state index contributed by atoms with van der Waals surface area (Å²) in [7, 11) is 0. The van der Waals surface area contributed by atoms with Gasteiger partial charge in [0.15, 0.2) is 0 Å². The normalized spacial score (nSPS) is 13.9. The van der Waals surface area contributed by atoms with Crippen LogP contribution in [0.1, 0.15) is 30.7 Å². The average molecular weight is 396 g/mol. The fraction of sp³-hybridized carbons (Fsp3) is 0.300. The van der Waals surface area contributed by atoms with Gasteiger partial charge in [0.05, 0.1) is 0 Å². The van der Waals surface area contributed by atoms with Crippen LogP contribution in [0.4, 0.5) is 5.69 Å². The van der Waals surface area contributed by atoms with Gasteiger partial charge < -0.3 is 14.7 Å². The molecule has 4 rings (SSSR count). The van der Waals surface area contributed by atoms with Crippen molar-refractivity contribution >= 4 is 28.8 Å². The Morgan fingerprint density at radius 2 is 2.11 bits per heavy atom. The van der Waals surface area contributed by atoms with Gasteiger partial charge in [0.25, 0.3) is 0 Å². The van der Waals surface area contributed by atoms with Gasteiger partial charge in [0, 0.05) is 49.0 Å². The maximum Gasteiger partial charge on any atom is 0.227 e. The summed E-state index contributed by atoms with van der Waals surface area (Å²) in [5.41, 5.74) is 2.82. The third-order valence-electron chi connectivity index (χ3n) is 4.62. The Hall–Kier alpha value is -3.00. The maximum atomic E-state index is 12.1. The molecule has 1 saturated heterocycles. The predicted octanol–water partition coefficient (Wildman–Crippen LogP) is 3.17. The Morgan fingerprint density at radius 3 is 2.82 bits per heavy atom. The number of rotatable bonds is 7. The zero-order valence-electron chi connectivity index (χ0n) is 15.3. The first-order chi connectivity index (χ1) is 13.7. The topological polar surface area (TPSA) is 88.3 Å². The lowest BCUT2D eigenvalue weighted by atomic mass is 10.2. The van der Waals surface area contributed by atoms with Gasteiger partial charge in [-0.1, -0.05) is 17.3 Å². The Labute approximate surface area is 166 Å². The van der Waals surface area contributed by atoms with E-state index in [-0.39, 0.29) is 18.2 Å². The molecule has 0 spiro atoms. The largest absolute Gasteiger partial charge is 0.352 e. The molecule has 1 aliphatic rings. The zero-order chi connectivity index (χ0) is 19.3. The number of carbonyl (C=O) groups excluding carboxylic acids is 2. The first-order valence-electron chi connectivity index (χ1n) is 9.20. The number of hydrogen-bond acceptors (Lipinski definition) is 6. The summed E-state index contributed by atoms with van der Waals surface area (Å²) in [6.45, 7) is 1.22. The standard InChI is InChI=1S/C20H20N4O3S/c25-17(7-8-18-22-20(23-27-18)15-9-11-28-13-15)21-12-14-3-5-16(6-4-14)24-10-1-2-19(24)26/h3-6,9,11,13H,1-2,7-8,10,12H2,(H,21,25). The summed E-state index contributed by atoms with van der Waals surface area (Å²) in [5, 5.41) is 10.7. The third-order valence-corrected chi connectivity index (χ3v) is 5.31. The summed E-state index contributed by atoms with van der Waals surface area (Å²) in [5.74, 6) is 1.10. The quantitative estimate of drug-likeness (QED) is 0.663. The predicted molar refractivity (Wildman–Crippen MR) is 106 cm³/mol. The molecular weight excluding hydrogens is 376 g/mol. The highest BCUT2D eigenvalue weighted by Crippen LogP contribution is 2.22. The summed E-state index contributed by atoms with van der Waals surface area (Å²) < 4.78 is 5.20. The van der Waals surface area contributed by atoms with Crippen molar-refractivity contribution in [3.63, 3.8) is 0 Å². The van der Waals surface area contributed by atoms with Crippen molar-refractivity contribution in [3.05, 3.63) is 52.5 Å². The van der Waals surface area contributed by atoms with Crippen LogP contribution < -0.4 is 10.2 Å². The molecule has 0 aliphatic carbocycles. The number of nitrogens with zero attached hydrogens (tertiary/aromatic N) is 3. The molecule has 3 heterocycles. The Morgan fingerprint density at radius 1 is 1.25 bits per heavy atom. The van der Waals surface area contributed by atoms with Crippen LogP contribution in [0.5, 0.6) is 0 Å². The van der Waals surface area contributed by atoms with Crippen LogP contribution in [-0.4, -0.2) is 28.5 Å². The lowest BCUT2D eigenvalue weighted by Gasteiger charge is -2.16. The summed E-state index contributed by atoms with van der Waals surface area (Å²) in [4.78, 5) is 30.0. The minimum atomic E-state index is -0.0749. The molecule has 7 nitrogen and oxygen atoms in total. The van der Waals surface area contributed by atoms with Gasteiger partial charge in [-0.2, -0.15) is 16.3 Å². The molecule has 0 radical (unpaired) electrons. The maximum absolute atomic E-state index is 12.1. The minimum Gasteiger partial charge on any atom is -0.352 e. The van der Waals surface area contributed by atoms with Crippen LogP contribution in [0.25, 0.3) is 11.4 Å². The number of aryl methyl sites for hydroxylation is 1. The average Bonchev–Trinajstić information content (AvgIpc) is 3.46. The van der Waals surface area contributed by atoms with E-state index in [4.69, 9.17) is 4.52 Å². The van der Waals surface area contributed by atoms with Crippen LogP contribution in [0, 0.1) is 0 Å². The fourth-order valence-corrected chi connectivity index (χ4v) is 3.72. The molecule has 2 amide bonds. The number of hydrogen-bond donors (Lipinski definition) is 1. The SMILES string of the molecule is O=C(CCc1nc(-c2ccsc2)no1)NCc1ccc(N2CCCC2=O)cc1. The second kappa shape index (κ2) is 8.35. The van der Waals surface area contributed by atoms with Crippen molar-refractivity contribution in [3.8, 4) is 11.4 Å². The molecule has 28 heavy (non-hydrogen) atoms. The van der Waals surface area contributed by atoms with Crippen molar-refractivity contribution in [2.75, 3.05) is 11.4 Å². The zero-order valence-corrected chi connectivity index (χ0v) is 16.1. The molecule has 1 fully saturated rings. The number of nitrogens with one attached hydrogen (secondary N) is 1. The lowest BCUT2D eigenvalue weighted by molar-refractivity contribution is -0.121. The Kier molecular flexibility index (Phi) is 5.48. The van der Waals surface area contributed by atoms with Crippen LogP contribution >= 0.6 is 11.3 Å². The number of amides is 2. The first-order valence-corrected chi connectivity index (χ1v) is 10.1. The molecule has 3 aromatic rings. The van der Waals surface area contributed by atoms with E-state index in [0.717, 1.165) is 29.8 Å². The fourth-order valence-electron chi connectivity index (χ4n) is 3.09. The van der Waals surface area contributed by atoms with E-state index in [1.165, 1.54) is 0 Å². The molecule has 1 aliphatic heterocycles. The molecule has 1 N–H and O–H groups in total. The van der Waals surface area contributed by atoms with Gasteiger partial charge in [-0.15, -0.1) is 0 Å². The van der Waals surface area contributed by atoms with Crippen molar-refractivity contribution in [1.29, 1.82) is 0 Å². The van der Waals surface area contributed by atoms with E-state index < -0.39 is 0 Å². The Bertz CT molecular complexity index is 950. The van der Waals surface area contributed by atoms with Crippen LogP contribution in [0.15, 0.2) is 45.6 Å². The van der Waals surface area contributed by atoms with Crippen molar-refractivity contribution in [2.24, 2.45) is 0 Å². The number of anilines is 1. The van der Waals surface area contributed by atoms with Crippen molar-refractivity contribution < 1.29 is 14.1 Å². The highest BCUT2D eigenvalue weighted by Gasteiger charge is 2.21. The lowest BCUT2D eigenvalue weighted by Crippen LogP contribution is -2.24. The third kappa shape index (κ3) is 4.28. The van der Waals surface area contributed by atoms with Crippen LogP contribution in [-0.2, 0) is 22.6 Å². The summed E-state index contributed by atoms with van der Waals surface area (Å²) >= 11 is 1.57. The van der Waals surface area contributed by atoms with Crippen molar-refractivity contribution in [2.45, 2.75) is 32.2 Å². The number of benzene rings is 1. The smallest absolute Gasteiger partial charge is 0.227 e. The van der Waals surface area contributed by atoms with Gasteiger partial charge in [0.2, 0.25) is 23.5 Å². The van der Waals surface area contributed by atoms with E-state index in [1.807, 2.05) is 41.1 Å². The number of carbonyl (C=O) groups is 2. The van der Waals surface area contributed by atoms with E-state index >= 15 is 0 Å². The molecule has 0 bridgehead atoms. The molecule has 2 aromatic heterocycles. The van der Waals surface area contributed by atoms with Gasteiger partial charge in [-0.05, 0) is 35.6 Å². The van der Waals surface area contributed by atoms with Gasteiger partial charge >= 0.3 is 0 Å². The monoisotopic (exact) mass is 396 g/mol. The Balaban J connectivity index is 1.24. The van der Waals surface area contributed by atoms with Crippen LogP contribution in [0.2, 0.25) is 0 Å². The minimum absolute atomic E-state index is 0.0749. The van der Waals surface area contributed by atoms with E-state index in [2.05, 4.69) is 15.5 Å².